The van der Waals surface area contributed by atoms with Gasteiger partial charge >= 0.3 is 0 Å². The van der Waals surface area contributed by atoms with Crippen molar-refractivity contribution in [2.24, 2.45) is 16.3 Å². The maximum absolute atomic E-state index is 12.4. The van der Waals surface area contributed by atoms with Crippen LogP contribution in [0.25, 0.3) is 0 Å². The topological polar surface area (TPSA) is 99.2 Å². The van der Waals surface area contributed by atoms with Gasteiger partial charge in [0.05, 0.1) is 5.60 Å². The number of carbonyl (C=O) groups is 1. The molecular formula is C12H23N3O3. The van der Waals surface area contributed by atoms with Crippen molar-refractivity contribution in [2.75, 3.05) is 13.1 Å². The van der Waals surface area contributed by atoms with Crippen molar-refractivity contribution >= 4 is 11.7 Å². The summed E-state index contributed by atoms with van der Waals surface area (Å²) in [6.45, 7) is 6.28. The summed E-state index contributed by atoms with van der Waals surface area (Å²) in [5.41, 5.74) is 3.95. The Bertz CT molecular complexity index is 344. The lowest BCUT2D eigenvalue weighted by Crippen LogP contribution is -2.53. The molecule has 0 aromatic carbocycles. The minimum absolute atomic E-state index is 0.0627. The van der Waals surface area contributed by atoms with Gasteiger partial charge in [-0.05, 0) is 33.1 Å². The predicted octanol–water partition coefficient (Wildman–Crippen LogP) is 0.523. The van der Waals surface area contributed by atoms with Crippen LogP contribution in [0.3, 0.4) is 0 Å². The quantitative estimate of drug-likeness (QED) is 0.297. The monoisotopic (exact) mass is 257 g/mol. The molecule has 1 saturated heterocycles. The van der Waals surface area contributed by atoms with E-state index in [2.05, 4.69) is 5.16 Å². The Morgan fingerprint density at radius 1 is 1.50 bits per heavy atom. The van der Waals surface area contributed by atoms with E-state index in [1.807, 2.05) is 6.92 Å². The molecule has 1 fully saturated rings. The zero-order valence-electron chi connectivity index (χ0n) is 11.3. The molecule has 0 spiro atoms. The van der Waals surface area contributed by atoms with E-state index < -0.39 is 11.0 Å². The lowest BCUT2D eigenvalue weighted by molar-refractivity contribution is -0.141. The van der Waals surface area contributed by atoms with Crippen molar-refractivity contribution < 1.29 is 15.1 Å². The van der Waals surface area contributed by atoms with E-state index in [9.17, 15) is 9.90 Å². The zero-order valence-corrected chi connectivity index (χ0v) is 11.3. The molecule has 0 radical (unpaired) electrons. The standard InChI is InChI=1S/C12H23N3O3/c1-4-12(3,9(13)14-18)10(16)15-7-5-11(2,17)6-8-15/h17-18H,4-8H2,1-3H3,(H2,13,14). The molecule has 0 bridgehead atoms. The van der Waals surface area contributed by atoms with Gasteiger partial charge in [0.15, 0.2) is 5.84 Å². The Kier molecular flexibility index (Phi) is 4.21. The number of piperidine rings is 1. The number of rotatable bonds is 3. The molecule has 104 valence electrons. The molecule has 0 aliphatic carbocycles. The van der Waals surface area contributed by atoms with Crippen LogP contribution in [0.2, 0.25) is 0 Å². The first-order valence-corrected chi connectivity index (χ1v) is 6.26. The first-order valence-electron chi connectivity index (χ1n) is 6.26. The van der Waals surface area contributed by atoms with Gasteiger partial charge in [0.1, 0.15) is 5.41 Å². The molecule has 0 aromatic rings. The molecule has 4 N–H and O–H groups in total. The fourth-order valence-corrected chi connectivity index (χ4v) is 2.09. The van der Waals surface area contributed by atoms with Crippen LogP contribution in [0.5, 0.6) is 0 Å². The SMILES string of the molecule is CCC(C)(C(=O)N1CCC(C)(O)CC1)C(N)=NO. The Balaban J connectivity index is 2.81. The van der Waals surface area contributed by atoms with Gasteiger partial charge in [0.25, 0.3) is 0 Å². The van der Waals surface area contributed by atoms with Crippen molar-refractivity contribution in [2.45, 2.75) is 45.6 Å². The largest absolute Gasteiger partial charge is 0.409 e. The third-order valence-corrected chi connectivity index (χ3v) is 3.98. The summed E-state index contributed by atoms with van der Waals surface area (Å²) in [4.78, 5) is 14.1. The highest BCUT2D eigenvalue weighted by Gasteiger charge is 2.41. The Morgan fingerprint density at radius 2 is 2.00 bits per heavy atom. The summed E-state index contributed by atoms with van der Waals surface area (Å²) in [6, 6.07) is 0. The maximum atomic E-state index is 12.4. The minimum Gasteiger partial charge on any atom is -0.409 e. The Morgan fingerprint density at radius 3 is 2.39 bits per heavy atom. The smallest absolute Gasteiger partial charge is 0.236 e. The summed E-state index contributed by atoms with van der Waals surface area (Å²) in [6.07, 6.45) is 1.57. The molecule has 6 nitrogen and oxygen atoms in total. The molecular weight excluding hydrogens is 234 g/mol. The second-order valence-corrected chi connectivity index (χ2v) is 5.46. The summed E-state index contributed by atoms with van der Waals surface area (Å²) < 4.78 is 0. The molecule has 1 atom stereocenters. The van der Waals surface area contributed by atoms with E-state index in [1.165, 1.54) is 0 Å². The number of nitrogens with two attached hydrogens (primary N) is 1. The third kappa shape index (κ3) is 2.75. The van der Waals surface area contributed by atoms with Gasteiger partial charge in [-0.2, -0.15) is 0 Å². The summed E-state index contributed by atoms with van der Waals surface area (Å²) in [5, 5.41) is 21.6. The van der Waals surface area contributed by atoms with Crippen LogP contribution in [0, 0.1) is 5.41 Å². The van der Waals surface area contributed by atoms with Crippen LogP contribution in [0.1, 0.15) is 40.0 Å². The van der Waals surface area contributed by atoms with Crippen LogP contribution in [-0.2, 0) is 4.79 Å². The molecule has 1 heterocycles. The molecule has 1 aliphatic rings. The molecule has 0 saturated carbocycles. The molecule has 6 heteroatoms. The molecule has 1 aliphatic heterocycles. The Hall–Kier alpha value is -1.30. The summed E-state index contributed by atoms with van der Waals surface area (Å²) in [5.74, 6) is -0.205. The van der Waals surface area contributed by atoms with Crippen molar-refractivity contribution in [3.8, 4) is 0 Å². The number of oxime groups is 1. The number of nitrogens with zero attached hydrogens (tertiary/aromatic N) is 2. The average molecular weight is 257 g/mol. The van der Waals surface area contributed by atoms with Gasteiger partial charge in [-0.1, -0.05) is 12.1 Å². The lowest BCUT2D eigenvalue weighted by Gasteiger charge is -2.39. The number of likely N-dealkylation sites (tertiary alicyclic amines) is 1. The fraction of sp³-hybridized carbons (Fsp3) is 0.833. The van der Waals surface area contributed by atoms with E-state index >= 15 is 0 Å². The predicted molar refractivity (Wildman–Crippen MR) is 68.2 cm³/mol. The number of amides is 1. The van der Waals surface area contributed by atoms with E-state index in [-0.39, 0.29) is 11.7 Å². The highest BCUT2D eigenvalue weighted by atomic mass is 16.4. The highest BCUT2D eigenvalue weighted by molar-refractivity contribution is 6.06. The van der Waals surface area contributed by atoms with Crippen molar-refractivity contribution in [3.63, 3.8) is 0 Å². The van der Waals surface area contributed by atoms with Gasteiger partial charge < -0.3 is 20.9 Å². The first-order chi connectivity index (χ1) is 8.27. The van der Waals surface area contributed by atoms with Gasteiger partial charge in [0, 0.05) is 13.1 Å². The Labute approximate surface area is 107 Å². The van der Waals surface area contributed by atoms with Crippen LogP contribution in [0.15, 0.2) is 5.16 Å². The second-order valence-electron chi connectivity index (χ2n) is 5.46. The number of amidine groups is 1. The van der Waals surface area contributed by atoms with Crippen LogP contribution < -0.4 is 5.73 Å². The van der Waals surface area contributed by atoms with E-state index in [1.54, 1.807) is 18.7 Å². The first kappa shape index (κ1) is 14.8. The van der Waals surface area contributed by atoms with Crippen LogP contribution in [-0.4, -0.2) is 45.6 Å². The van der Waals surface area contributed by atoms with Gasteiger partial charge in [0.2, 0.25) is 5.91 Å². The molecule has 1 rings (SSSR count). The number of aliphatic hydroxyl groups is 1. The molecule has 1 unspecified atom stereocenters. The molecule has 0 aromatic heterocycles. The number of carbonyl (C=O) groups excluding carboxylic acids is 1. The highest BCUT2D eigenvalue weighted by Crippen LogP contribution is 2.28. The lowest BCUT2D eigenvalue weighted by atomic mass is 9.83. The fourth-order valence-electron chi connectivity index (χ4n) is 2.09. The minimum atomic E-state index is -0.974. The number of hydrogen-bond donors (Lipinski definition) is 3. The van der Waals surface area contributed by atoms with Crippen molar-refractivity contribution in [1.82, 2.24) is 4.90 Å². The summed E-state index contributed by atoms with van der Waals surface area (Å²) in [7, 11) is 0. The van der Waals surface area contributed by atoms with Gasteiger partial charge in [-0.25, -0.2) is 0 Å². The van der Waals surface area contributed by atoms with Crippen LogP contribution >= 0.6 is 0 Å². The van der Waals surface area contributed by atoms with Crippen molar-refractivity contribution in [3.05, 3.63) is 0 Å². The second kappa shape index (κ2) is 5.14. The van der Waals surface area contributed by atoms with E-state index in [0.717, 1.165) is 0 Å². The molecule has 18 heavy (non-hydrogen) atoms. The average Bonchev–Trinajstić information content (AvgIpc) is 2.36. The van der Waals surface area contributed by atoms with Gasteiger partial charge in [-0.15, -0.1) is 0 Å². The number of hydrogen-bond acceptors (Lipinski definition) is 4. The third-order valence-electron chi connectivity index (χ3n) is 3.98. The summed E-state index contributed by atoms with van der Waals surface area (Å²) >= 11 is 0. The van der Waals surface area contributed by atoms with E-state index in [4.69, 9.17) is 10.9 Å². The van der Waals surface area contributed by atoms with Crippen LogP contribution in [0.4, 0.5) is 0 Å². The van der Waals surface area contributed by atoms with Crippen molar-refractivity contribution in [1.29, 1.82) is 0 Å². The van der Waals surface area contributed by atoms with Gasteiger partial charge in [-0.3, -0.25) is 4.79 Å². The zero-order chi connectivity index (χ0) is 14.0. The normalized spacial score (nSPS) is 23.6. The maximum Gasteiger partial charge on any atom is 0.236 e. The van der Waals surface area contributed by atoms with E-state index in [0.29, 0.717) is 32.4 Å². The molecule has 1 amide bonds.